The van der Waals surface area contributed by atoms with Crippen molar-refractivity contribution in [1.82, 2.24) is 19.7 Å². The van der Waals surface area contributed by atoms with E-state index in [2.05, 4.69) is 10.2 Å². The summed E-state index contributed by atoms with van der Waals surface area (Å²) in [7, 11) is 3.84. The molecule has 2 heterocycles. The van der Waals surface area contributed by atoms with Gasteiger partial charge in [-0.25, -0.2) is 0 Å². The summed E-state index contributed by atoms with van der Waals surface area (Å²) in [6, 6.07) is 2.28. The third-order valence-corrected chi connectivity index (χ3v) is 5.78. The number of aromatic nitrogens is 3. The summed E-state index contributed by atoms with van der Waals surface area (Å²) in [6.07, 6.45) is 7.65. The van der Waals surface area contributed by atoms with Crippen LogP contribution in [0.15, 0.2) is 21.9 Å². The van der Waals surface area contributed by atoms with Crippen LogP contribution in [-0.4, -0.2) is 44.4 Å². The summed E-state index contributed by atoms with van der Waals surface area (Å²) < 4.78 is 7.24. The van der Waals surface area contributed by atoms with E-state index in [4.69, 9.17) is 4.42 Å². The first-order chi connectivity index (χ1) is 11.6. The molecule has 0 saturated heterocycles. The van der Waals surface area contributed by atoms with Gasteiger partial charge in [0.15, 0.2) is 11.0 Å². The first-order valence-corrected chi connectivity index (χ1v) is 9.39. The predicted octanol–water partition coefficient (Wildman–Crippen LogP) is 3.27. The number of hydrogen-bond donors (Lipinski definition) is 0. The number of furan rings is 1. The average Bonchev–Trinajstić information content (AvgIpc) is 3.18. The van der Waals surface area contributed by atoms with E-state index in [0.29, 0.717) is 11.8 Å². The van der Waals surface area contributed by atoms with Gasteiger partial charge in [-0.05, 0) is 25.8 Å². The fourth-order valence-electron chi connectivity index (χ4n) is 3.19. The van der Waals surface area contributed by atoms with Crippen LogP contribution in [0.5, 0.6) is 0 Å². The molecule has 0 N–H and O–H groups in total. The number of thioether (sulfide) groups is 1. The van der Waals surface area contributed by atoms with E-state index in [1.54, 1.807) is 6.26 Å². The zero-order valence-corrected chi connectivity index (χ0v) is 15.3. The van der Waals surface area contributed by atoms with Crippen LogP contribution < -0.4 is 0 Å². The van der Waals surface area contributed by atoms with E-state index in [-0.39, 0.29) is 5.91 Å². The molecule has 0 unspecified atom stereocenters. The second-order valence-corrected chi connectivity index (χ2v) is 7.28. The minimum absolute atomic E-state index is 0.163. The molecule has 2 aromatic rings. The second-order valence-electron chi connectivity index (χ2n) is 6.34. The third-order valence-electron chi connectivity index (χ3n) is 4.78. The van der Waals surface area contributed by atoms with Gasteiger partial charge in [0.05, 0.1) is 17.6 Å². The van der Waals surface area contributed by atoms with E-state index >= 15 is 0 Å². The SMILES string of the molecule is Cc1occc1-c1nnc(SCC(=O)N(C)C2CCCCC2)n1C. The van der Waals surface area contributed by atoms with Crippen LogP contribution in [0.1, 0.15) is 37.9 Å². The van der Waals surface area contributed by atoms with Gasteiger partial charge in [-0.2, -0.15) is 0 Å². The lowest BCUT2D eigenvalue weighted by molar-refractivity contribution is -0.129. The van der Waals surface area contributed by atoms with E-state index < -0.39 is 0 Å². The fourth-order valence-corrected chi connectivity index (χ4v) is 4.03. The number of aryl methyl sites for hydroxylation is 1. The molecule has 130 valence electrons. The van der Waals surface area contributed by atoms with Gasteiger partial charge in [0.2, 0.25) is 5.91 Å². The molecule has 0 spiro atoms. The first-order valence-electron chi connectivity index (χ1n) is 8.40. The molecule has 0 aromatic carbocycles. The van der Waals surface area contributed by atoms with Crippen LogP contribution in [0.4, 0.5) is 0 Å². The molecular weight excluding hydrogens is 324 g/mol. The summed E-state index contributed by atoms with van der Waals surface area (Å²) in [6.45, 7) is 1.90. The molecular formula is C17H24N4O2S. The number of carbonyl (C=O) groups is 1. The molecule has 1 aliphatic carbocycles. The normalized spacial score (nSPS) is 15.6. The van der Waals surface area contributed by atoms with Gasteiger partial charge in [-0.3, -0.25) is 4.79 Å². The van der Waals surface area contributed by atoms with Crippen molar-refractivity contribution in [1.29, 1.82) is 0 Å². The fraction of sp³-hybridized carbons (Fsp3) is 0.588. The number of hydrogen-bond acceptors (Lipinski definition) is 5. The van der Waals surface area contributed by atoms with Crippen LogP contribution in [-0.2, 0) is 11.8 Å². The van der Waals surface area contributed by atoms with E-state index in [9.17, 15) is 4.79 Å². The number of nitrogens with zero attached hydrogens (tertiary/aromatic N) is 4. The molecule has 0 aliphatic heterocycles. The maximum absolute atomic E-state index is 12.4. The molecule has 7 heteroatoms. The van der Waals surface area contributed by atoms with Crippen molar-refractivity contribution in [2.45, 2.75) is 50.2 Å². The Balaban J connectivity index is 1.61. The lowest BCUT2D eigenvalue weighted by Gasteiger charge is -2.31. The third kappa shape index (κ3) is 3.50. The van der Waals surface area contributed by atoms with Gasteiger partial charge in [0, 0.05) is 20.1 Å². The molecule has 1 aliphatic rings. The van der Waals surface area contributed by atoms with Crippen molar-refractivity contribution in [2.75, 3.05) is 12.8 Å². The highest BCUT2D eigenvalue weighted by atomic mass is 32.2. The number of carbonyl (C=O) groups excluding carboxylic acids is 1. The largest absolute Gasteiger partial charge is 0.469 e. The van der Waals surface area contributed by atoms with E-state index in [1.807, 2.05) is 36.6 Å². The van der Waals surface area contributed by atoms with Crippen LogP contribution in [0.3, 0.4) is 0 Å². The Morgan fingerprint density at radius 2 is 2.12 bits per heavy atom. The smallest absolute Gasteiger partial charge is 0.233 e. The van der Waals surface area contributed by atoms with Crippen molar-refractivity contribution >= 4 is 17.7 Å². The minimum atomic E-state index is 0.163. The number of amides is 1. The van der Waals surface area contributed by atoms with Gasteiger partial charge in [-0.1, -0.05) is 31.0 Å². The van der Waals surface area contributed by atoms with Crippen molar-refractivity contribution in [3.05, 3.63) is 18.1 Å². The minimum Gasteiger partial charge on any atom is -0.469 e. The maximum atomic E-state index is 12.4. The van der Waals surface area contributed by atoms with Gasteiger partial charge in [0.1, 0.15) is 5.76 Å². The van der Waals surface area contributed by atoms with Gasteiger partial charge in [0.25, 0.3) is 0 Å². The lowest BCUT2D eigenvalue weighted by Crippen LogP contribution is -2.39. The Hall–Kier alpha value is -1.76. The molecule has 24 heavy (non-hydrogen) atoms. The van der Waals surface area contributed by atoms with Gasteiger partial charge < -0.3 is 13.9 Å². The van der Waals surface area contributed by atoms with Crippen LogP contribution in [0.2, 0.25) is 0 Å². The van der Waals surface area contributed by atoms with Crippen molar-refractivity contribution < 1.29 is 9.21 Å². The Labute approximate surface area is 146 Å². The zero-order valence-electron chi connectivity index (χ0n) is 14.5. The monoisotopic (exact) mass is 348 g/mol. The maximum Gasteiger partial charge on any atom is 0.233 e. The molecule has 2 aromatic heterocycles. The van der Waals surface area contributed by atoms with Crippen LogP contribution in [0, 0.1) is 6.92 Å². The molecule has 6 nitrogen and oxygen atoms in total. The van der Waals surface area contributed by atoms with Crippen LogP contribution in [0.25, 0.3) is 11.4 Å². The standard InChI is InChI=1S/C17H24N4O2S/c1-12-14(9-10-23-12)16-18-19-17(21(16)3)24-11-15(22)20(2)13-7-5-4-6-8-13/h9-10,13H,4-8,11H2,1-3H3. The topological polar surface area (TPSA) is 64.2 Å². The van der Waals surface area contributed by atoms with Gasteiger partial charge >= 0.3 is 0 Å². The molecule has 3 rings (SSSR count). The summed E-state index contributed by atoms with van der Waals surface area (Å²) >= 11 is 1.44. The molecule has 0 bridgehead atoms. The second kappa shape index (κ2) is 7.42. The average molecular weight is 348 g/mol. The summed E-state index contributed by atoms with van der Waals surface area (Å²) in [5, 5.41) is 9.21. The highest BCUT2D eigenvalue weighted by Crippen LogP contribution is 2.27. The molecule has 1 amide bonds. The van der Waals surface area contributed by atoms with Crippen molar-refractivity contribution in [2.24, 2.45) is 7.05 Å². The summed E-state index contributed by atoms with van der Waals surface area (Å²) in [4.78, 5) is 14.4. The molecule has 0 radical (unpaired) electrons. The molecule has 0 atom stereocenters. The number of rotatable bonds is 5. The Morgan fingerprint density at radius 1 is 1.38 bits per heavy atom. The van der Waals surface area contributed by atoms with Crippen molar-refractivity contribution in [3.63, 3.8) is 0 Å². The molecule has 1 fully saturated rings. The summed E-state index contributed by atoms with van der Waals surface area (Å²) in [5.41, 5.74) is 0.933. The quantitative estimate of drug-likeness (QED) is 0.776. The lowest BCUT2D eigenvalue weighted by atomic mass is 9.94. The Kier molecular flexibility index (Phi) is 5.28. The summed E-state index contributed by atoms with van der Waals surface area (Å²) in [5.74, 6) is 2.13. The Bertz CT molecular complexity index is 703. The van der Waals surface area contributed by atoms with Crippen molar-refractivity contribution in [3.8, 4) is 11.4 Å². The Morgan fingerprint density at radius 3 is 2.79 bits per heavy atom. The van der Waals surface area contributed by atoms with Crippen LogP contribution >= 0.6 is 11.8 Å². The van der Waals surface area contributed by atoms with Gasteiger partial charge in [-0.15, -0.1) is 10.2 Å². The van der Waals surface area contributed by atoms with E-state index in [0.717, 1.165) is 35.1 Å². The first kappa shape index (κ1) is 17.1. The highest BCUT2D eigenvalue weighted by molar-refractivity contribution is 7.99. The highest BCUT2D eigenvalue weighted by Gasteiger charge is 2.23. The predicted molar refractivity (Wildman–Crippen MR) is 93.8 cm³/mol. The van der Waals surface area contributed by atoms with E-state index in [1.165, 1.54) is 31.0 Å². The zero-order chi connectivity index (χ0) is 17.1. The molecule has 1 saturated carbocycles.